The third-order valence-electron chi connectivity index (χ3n) is 7.02. The fourth-order valence-electron chi connectivity index (χ4n) is 5.39. The summed E-state index contributed by atoms with van der Waals surface area (Å²) in [5, 5.41) is 0. The van der Waals surface area contributed by atoms with E-state index < -0.39 is 0 Å². The van der Waals surface area contributed by atoms with Crippen LogP contribution in [0.2, 0.25) is 0 Å². The Balaban J connectivity index is 1.66. The van der Waals surface area contributed by atoms with Crippen LogP contribution in [0.3, 0.4) is 0 Å². The molecule has 4 aromatic carbocycles. The van der Waals surface area contributed by atoms with E-state index in [-0.39, 0.29) is 0 Å². The molecule has 0 spiro atoms. The summed E-state index contributed by atoms with van der Waals surface area (Å²) >= 11 is 7.23. The average molecular weight is 562 g/mol. The molecule has 1 saturated carbocycles. The number of rotatable bonds is 5. The summed E-state index contributed by atoms with van der Waals surface area (Å²) in [6.07, 6.45) is 0. The summed E-state index contributed by atoms with van der Waals surface area (Å²) < 4.78 is 7.67. The Hall–Kier alpha value is -2.36. The van der Waals surface area contributed by atoms with Crippen molar-refractivity contribution in [3.63, 3.8) is 0 Å². The van der Waals surface area contributed by atoms with Crippen LogP contribution in [0.4, 0.5) is 0 Å². The fraction of sp³-hybridized carbons (Fsp3) is 0.200. The van der Waals surface area contributed by atoms with Crippen LogP contribution in [0.15, 0.2) is 106 Å². The Morgan fingerprint density at radius 3 is 1.12 bits per heavy atom. The van der Waals surface area contributed by atoms with Gasteiger partial charge in [0.05, 0.1) is 7.11 Å². The highest BCUT2D eigenvalue weighted by molar-refractivity contribution is 9.10. The zero-order valence-electron chi connectivity index (χ0n) is 18.7. The van der Waals surface area contributed by atoms with E-state index in [4.69, 9.17) is 4.74 Å². The SMILES string of the molecule is COc1ccc(C2C(c3ccc(Br)cc3)C(c3ccc(C)cc3)C2c2ccc(Br)cc2)cc1. The summed E-state index contributed by atoms with van der Waals surface area (Å²) in [6.45, 7) is 2.16. The van der Waals surface area contributed by atoms with Gasteiger partial charge in [-0.1, -0.05) is 98.1 Å². The van der Waals surface area contributed by atoms with Gasteiger partial charge in [0.1, 0.15) is 5.75 Å². The van der Waals surface area contributed by atoms with Crippen molar-refractivity contribution in [1.82, 2.24) is 0 Å². The monoisotopic (exact) mass is 560 g/mol. The molecular weight excluding hydrogens is 536 g/mol. The first-order valence-electron chi connectivity index (χ1n) is 11.3. The lowest BCUT2D eigenvalue weighted by Gasteiger charge is -2.54. The smallest absolute Gasteiger partial charge is 0.118 e. The molecule has 0 heterocycles. The van der Waals surface area contributed by atoms with E-state index >= 15 is 0 Å². The first kappa shape index (κ1) is 22.4. The molecule has 0 N–H and O–H groups in total. The number of hydrogen-bond acceptors (Lipinski definition) is 1. The Labute approximate surface area is 213 Å². The summed E-state index contributed by atoms with van der Waals surface area (Å²) in [5.74, 6) is 2.46. The predicted molar refractivity (Wildman–Crippen MR) is 143 cm³/mol. The molecule has 2 atom stereocenters. The van der Waals surface area contributed by atoms with Gasteiger partial charge in [0.25, 0.3) is 0 Å². The lowest BCUT2D eigenvalue weighted by molar-refractivity contribution is 0.228. The molecule has 2 unspecified atom stereocenters. The third kappa shape index (κ3) is 4.41. The molecule has 33 heavy (non-hydrogen) atoms. The van der Waals surface area contributed by atoms with Gasteiger partial charge in [-0.15, -0.1) is 0 Å². The fourth-order valence-corrected chi connectivity index (χ4v) is 5.92. The molecule has 0 saturated heterocycles. The van der Waals surface area contributed by atoms with E-state index in [9.17, 15) is 0 Å². The van der Waals surface area contributed by atoms with E-state index in [2.05, 4.69) is 136 Å². The minimum Gasteiger partial charge on any atom is -0.497 e. The van der Waals surface area contributed by atoms with Crippen molar-refractivity contribution < 1.29 is 4.74 Å². The summed E-state index contributed by atoms with van der Waals surface area (Å²) in [4.78, 5) is 0. The molecule has 1 aliphatic rings. The molecule has 0 aliphatic heterocycles. The summed E-state index contributed by atoms with van der Waals surface area (Å²) in [7, 11) is 1.72. The second-order valence-electron chi connectivity index (χ2n) is 8.89. The van der Waals surface area contributed by atoms with Crippen molar-refractivity contribution in [3.05, 3.63) is 134 Å². The number of hydrogen-bond donors (Lipinski definition) is 0. The predicted octanol–water partition coefficient (Wildman–Crippen LogP) is 8.98. The number of halogens is 2. The van der Waals surface area contributed by atoms with Crippen LogP contribution in [0, 0.1) is 6.92 Å². The molecule has 5 rings (SSSR count). The molecule has 3 heteroatoms. The van der Waals surface area contributed by atoms with Crippen LogP contribution >= 0.6 is 31.9 Å². The molecule has 0 aromatic heterocycles. The average Bonchev–Trinajstić information content (AvgIpc) is 2.83. The lowest BCUT2D eigenvalue weighted by atomic mass is 9.49. The van der Waals surface area contributed by atoms with E-state index in [1.54, 1.807) is 7.11 Å². The van der Waals surface area contributed by atoms with Gasteiger partial charge in [0.15, 0.2) is 0 Å². The minimum absolute atomic E-state index is 0.379. The molecule has 0 radical (unpaired) electrons. The Morgan fingerprint density at radius 2 is 0.788 bits per heavy atom. The van der Waals surface area contributed by atoms with Gasteiger partial charge in [0, 0.05) is 8.95 Å². The normalized spacial score (nSPS) is 21.9. The highest BCUT2D eigenvalue weighted by atomic mass is 79.9. The Morgan fingerprint density at radius 1 is 0.485 bits per heavy atom. The van der Waals surface area contributed by atoms with E-state index in [0.29, 0.717) is 23.7 Å². The topological polar surface area (TPSA) is 9.23 Å². The molecule has 1 aliphatic carbocycles. The van der Waals surface area contributed by atoms with Crippen LogP contribution in [0.1, 0.15) is 51.5 Å². The molecule has 0 bridgehead atoms. The highest BCUT2D eigenvalue weighted by Gasteiger charge is 2.52. The molecule has 0 amide bonds. The van der Waals surface area contributed by atoms with Crippen LogP contribution in [-0.2, 0) is 0 Å². The quantitative estimate of drug-likeness (QED) is 0.236. The van der Waals surface area contributed by atoms with Gasteiger partial charge in [-0.25, -0.2) is 0 Å². The van der Waals surface area contributed by atoms with Gasteiger partial charge in [-0.3, -0.25) is 0 Å². The summed E-state index contributed by atoms with van der Waals surface area (Å²) in [5.41, 5.74) is 6.84. The summed E-state index contributed by atoms with van der Waals surface area (Å²) in [6, 6.07) is 35.6. The third-order valence-corrected chi connectivity index (χ3v) is 8.08. The van der Waals surface area contributed by atoms with Crippen molar-refractivity contribution in [2.75, 3.05) is 7.11 Å². The largest absolute Gasteiger partial charge is 0.497 e. The van der Waals surface area contributed by atoms with E-state index in [1.807, 2.05) is 0 Å². The van der Waals surface area contributed by atoms with Gasteiger partial charge < -0.3 is 4.74 Å². The van der Waals surface area contributed by atoms with Gasteiger partial charge >= 0.3 is 0 Å². The van der Waals surface area contributed by atoms with Crippen LogP contribution in [-0.4, -0.2) is 7.11 Å². The van der Waals surface area contributed by atoms with Crippen molar-refractivity contribution in [1.29, 1.82) is 0 Å². The van der Waals surface area contributed by atoms with Crippen molar-refractivity contribution in [3.8, 4) is 5.75 Å². The van der Waals surface area contributed by atoms with E-state index in [1.165, 1.54) is 27.8 Å². The number of ether oxygens (including phenoxy) is 1. The van der Waals surface area contributed by atoms with Gasteiger partial charge in [-0.2, -0.15) is 0 Å². The number of methoxy groups -OCH3 is 1. The maximum absolute atomic E-state index is 5.44. The minimum atomic E-state index is 0.379. The second-order valence-corrected chi connectivity index (χ2v) is 10.7. The van der Waals surface area contributed by atoms with Crippen LogP contribution < -0.4 is 4.74 Å². The van der Waals surface area contributed by atoms with Gasteiger partial charge in [-0.05, 0) is 89.2 Å². The van der Waals surface area contributed by atoms with Crippen molar-refractivity contribution in [2.24, 2.45) is 0 Å². The zero-order chi connectivity index (χ0) is 22.9. The number of aryl methyl sites for hydroxylation is 1. The first-order chi connectivity index (χ1) is 16.0. The lowest BCUT2D eigenvalue weighted by Crippen LogP contribution is -2.40. The van der Waals surface area contributed by atoms with E-state index in [0.717, 1.165) is 14.7 Å². The molecule has 4 aromatic rings. The first-order valence-corrected chi connectivity index (χ1v) is 12.8. The number of benzene rings is 4. The molecule has 1 nitrogen and oxygen atoms in total. The Bertz CT molecular complexity index is 1160. The van der Waals surface area contributed by atoms with Crippen molar-refractivity contribution >= 4 is 31.9 Å². The molecule has 166 valence electrons. The second kappa shape index (κ2) is 9.48. The standard InChI is InChI=1S/C30H26Br2O/c1-19-3-5-20(6-4-19)27-28(21-7-13-24(31)14-8-21)30(23-11-17-26(33-2)18-12-23)29(27)22-9-15-25(32)16-10-22/h3-18,27-30H,1-2H3. The van der Waals surface area contributed by atoms with Crippen molar-refractivity contribution in [2.45, 2.75) is 30.6 Å². The maximum atomic E-state index is 5.44. The molecule has 1 fully saturated rings. The van der Waals surface area contributed by atoms with Crippen LogP contribution in [0.5, 0.6) is 5.75 Å². The highest BCUT2D eigenvalue weighted by Crippen LogP contribution is 2.66. The van der Waals surface area contributed by atoms with Crippen LogP contribution in [0.25, 0.3) is 0 Å². The Kier molecular flexibility index (Phi) is 6.44. The zero-order valence-corrected chi connectivity index (χ0v) is 21.9. The van der Waals surface area contributed by atoms with Gasteiger partial charge in [0.2, 0.25) is 0 Å². The maximum Gasteiger partial charge on any atom is 0.118 e. The molecular formula is C30H26Br2O.